The molecule has 0 aliphatic carbocycles. The number of halogens is 1. The molecule has 0 aliphatic rings. The second kappa shape index (κ2) is 8.57. The summed E-state index contributed by atoms with van der Waals surface area (Å²) in [7, 11) is 0. The number of phenolic OH excluding ortho intramolecular Hbond substituents is 1. The molecule has 0 saturated carbocycles. The van der Waals surface area contributed by atoms with Gasteiger partial charge in [0.25, 0.3) is 5.91 Å². The van der Waals surface area contributed by atoms with Crippen LogP contribution >= 0.6 is 11.6 Å². The maximum Gasteiger partial charge on any atom is 0.267 e. The van der Waals surface area contributed by atoms with E-state index in [1.54, 1.807) is 18.2 Å². The van der Waals surface area contributed by atoms with E-state index in [0.717, 1.165) is 0 Å². The van der Waals surface area contributed by atoms with Gasteiger partial charge in [-0.05, 0) is 42.5 Å². The number of hydrogen-bond donors (Lipinski definition) is 3. The molecule has 5 N–H and O–H groups in total. The Balaban J connectivity index is 1.97. The standard InChI is InChI=1S/C20H18ClN5O3/c21-13-1-2-18(27)12(7-13)8-19(28)26(11-15-9-14(22)3-5-24-15)16-4-6-25-17(10-16)20(23)29/h1-7,9-10,27H,8,11H2,(H2,22,24)(H2,23,29). The first-order valence-electron chi connectivity index (χ1n) is 8.57. The Morgan fingerprint density at radius 1 is 1.07 bits per heavy atom. The number of amides is 2. The van der Waals surface area contributed by atoms with Gasteiger partial charge in [0.05, 0.1) is 18.7 Å². The van der Waals surface area contributed by atoms with Crippen LogP contribution in [0.25, 0.3) is 0 Å². The molecule has 0 radical (unpaired) electrons. The first-order valence-corrected chi connectivity index (χ1v) is 8.95. The van der Waals surface area contributed by atoms with Crippen molar-refractivity contribution >= 4 is 34.8 Å². The molecule has 3 rings (SSSR count). The van der Waals surface area contributed by atoms with Crippen LogP contribution in [0.15, 0.2) is 54.9 Å². The van der Waals surface area contributed by atoms with E-state index in [4.69, 9.17) is 23.1 Å². The van der Waals surface area contributed by atoms with Gasteiger partial charge in [0.2, 0.25) is 5.91 Å². The summed E-state index contributed by atoms with van der Waals surface area (Å²) in [6, 6.07) is 10.8. The number of carbonyl (C=O) groups excluding carboxylic acids is 2. The first kappa shape index (κ1) is 20.1. The smallest absolute Gasteiger partial charge is 0.267 e. The van der Waals surface area contributed by atoms with E-state index < -0.39 is 5.91 Å². The lowest BCUT2D eigenvalue weighted by Gasteiger charge is -2.23. The Morgan fingerprint density at radius 2 is 1.83 bits per heavy atom. The highest BCUT2D eigenvalue weighted by molar-refractivity contribution is 6.30. The van der Waals surface area contributed by atoms with Crippen LogP contribution in [0.3, 0.4) is 0 Å². The minimum absolute atomic E-state index is 0.0198. The van der Waals surface area contributed by atoms with Crippen molar-refractivity contribution in [1.82, 2.24) is 9.97 Å². The summed E-state index contributed by atoms with van der Waals surface area (Å²) in [5.74, 6) is -1.11. The van der Waals surface area contributed by atoms with E-state index in [0.29, 0.717) is 27.7 Å². The van der Waals surface area contributed by atoms with Crippen molar-refractivity contribution in [1.29, 1.82) is 0 Å². The first-order chi connectivity index (χ1) is 13.8. The number of rotatable bonds is 6. The lowest BCUT2D eigenvalue weighted by molar-refractivity contribution is -0.118. The van der Waals surface area contributed by atoms with Gasteiger partial charge in [0.1, 0.15) is 11.4 Å². The molecular formula is C20H18ClN5O3. The molecule has 0 spiro atoms. The number of pyridine rings is 2. The number of nitrogens with two attached hydrogens (primary N) is 2. The minimum atomic E-state index is -0.714. The molecule has 0 bridgehead atoms. The molecular weight excluding hydrogens is 394 g/mol. The molecule has 3 aromatic rings. The number of primary amides is 1. The minimum Gasteiger partial charge on any atom is -0.508 e. The van der Waals surface area contributed by atoms with Gasteiger partial charge in [0, 0.05) is 34.4 Å². The maximum absolute atomic E-state index is 13.1. The average Bonchev–Trinajstić information content (AvgIpc) is 2.69. The Labute approximate surface area is 171 Å². The number of nitrogen functional groups attached to an aromatic ring is 1. The maximum atomic E-state index is 13.1. The fourth-order valence-electron chi connectivity index (χ4n) is 2.74. The number of nitrogens with zero attached hydrogens (tertiary/aromatic N) is 3. The van der Waals surface area contributed by atoms with E-state index in [1.165, 1.54) is 41.6 Å². The number of aromatic nitrogens is 2. The van der Waals surface area contributed by atoms with E-state index in [9.17, 15) is 14.7 Å². The predicted molar refractivity (Wildman–Crippen MR) is 109 cm³/mol. The van der Waals surface area contributed by atoms with Gasteiger partial charge < -0.3 is 21.5 Å². The fraction of sp³-hybridized carbons (Fsp3) is 0.100. The second-order valence-electron chi connectivity index (χ2n) is 6.27. The molecule has 0 saturated heterocycles. The van der Waals surface area contributed by atoms with Crippen LogP contribution < -0.4 is 16.4 Å². The summed E-state index contributed by atoms with van der Waals surface area (Å²) in [5.41, 5.74) is 13.0. The van der Waals surface area contributed by atoms with Crippen LogP contribution in [0.4, 0.5) is 11.4 Å². The van der Waals surface area contributed by atoms with E-state index in [1.807, 2.05) is 0 Å². The molecule has 0 unspecified atom stereocenters. The van der Waals surface area contributed by atoms with E-state index in [-0.39, 0.29) is 30.3 Å². The molecule has 148 valence electrons. The van der Waals surface area contributed by atoms with Gasteiger partial charge in [-0.15, -0.1) is 0 Å². The van der Waals surface area contributed by atoms with Gasteiger partial charge in [-0.2, -0.15) is 0 Å². The van der Waals surface area contributed by atoms with Crippen molar-refractivity contribution in [2.24, 2.45) is 5.73 Å². The lowest BCUT2D eigenvalue weighted by atomic mass is 10.1. The summed E-state index contributed by atoms with van der Waals surface area (Å²) in [4.78, 5) is 34.2. The van der Waals surface area contributed by atoms with E-state index in [2.05, 4.69) is 9.97 Å². The predicted octanol–water partition coefficient (Wildman–Crippen LogP) is 2.29. The molecule has 2 heterocycles. The van der Waals surface area contributed by atoms with Gasteiger partial charge in [-0.1, -0.05) is 11.6 Å². The highest BCUT2D eigenvalue weighted by Gasteiger charge is 2.20. The third kappa shape index (κ3) is 4.99. The van der Waals surface area contributed by atoms with Crippen LogP contribution in [0, 0.1) is 0 Å². The number of anilines is 2. The quantitative estimate of drug-likeness (QED) is 0.569. The monoisotopic (exact) mass is 411 g/mol. The summed E-state index contributed by atoms with van der Waals surface area (Å²) >= 11 is 5.98. The number of carbonyl (C=O) groups is 2. The van der Waals surface area contributed by atoms with Gasteiger partial charge in [-0.25, -0.2) is 0 Å². The van der Waals surface area contributed by atoms with Crippen molar-refractivity contribution in [3.63, 3.8) is 0 Å². The van der Waals surface area contributed by atoms with Crippen LogP contribution in [-0.2, 0) is 17.8 Å². The molecule has 9 heteroatoms. The molecule has 0 aliphatic heterocycles. The number of benzene rings is 1. The average molecular weight is 412 g/mol. The lowest BCUT2D eigenvalue weighted by Crippen LogP contribution is -2.32. The molecule has 0 atom stereocenters. The highest BCUT2D eigenvalue weighted by atomic mass is 35.5. The molecule has 1 aromatic carbocycles. The topological polar surface area (TPSA) is 135 Å². The third-order valence-corrected chi connectivity index (χ3v) is 4.39. The van der Waals surface area contributed by atoms with Gasteiger partial charge in [0.15, 0.2) is 0 Å². The van der Waals surface area contributed by atoms with Crippen LogP contribution in [-0.4, -0.2) is 26.9 Å². The zero-order valence-electron chi connectivity index (χ0n) is 15.2. The fourth-order valence-corrected chi connectivity index (χ4v) is 2.94. The highest BCUT2D eigenvalue weighted by Crippen LogP contribution is 2.25. The van der Waals surface area contributed by atoms with Crippen LogP contribution in [0.1, 0.15) is 21.7 Å². The summed E-state index contributed by atoms with van der Waals surface area (Å²) < 4.78 is 0. The third-order valence-electron chi connectivity index (χ3n) is 4.15. The number of hydrogen-bond acceptors (Lipinski definition) is 6. The summed E-state index contributed by atoms with van der Waals surface area (Å²) in [6.45, 7) is 0.0907. The number of phenols is 1. The zero-order valence-corrected chi connectivity index (χ0v) is 16.0. The van der Waals surface area contributed by atoms with Crippen molar-refractivity contribution in [3.05, 3.63) is 76.8 Å². The molecule has 8 nitrogen and oxygen atoms in total. The Kier molecular flexibility index (Phi) is 5.94. The van der Waals surface area contributed by atoms with E-state index >= 15 is 0 Å². The van der Waals surface area contributed by atoms with Crippen molar-refractivity contribution < 1.29 is 14.7 Å². The number of aromatic hydroxyl groups is 1. The van der Waals surface area contributed by atoms with Crippen molar-refractivity contribution in [3.8, 4) is 5.75 Å². The summed E-state index contributed by atoms with van der Waals surface area (Å²) in [5, 5.41) is 10.4. The van der Waals surface area contributed by atoms with Crippen LogP contribution in [0.5, 0.6) is 5.75 Å². The second-order valence-corrected chi connectivity index (χ2v) is 6.71. The molecule has 0 fully saturated rings. The largest absolute Gasteiger partial charge is 0.508 e. The Morgan fingerprint density at radius 3 is 2.55 bits per heavy atom. The van der Waals surface area contributed by atoms with Crippen molar-refractivity contribution in [2.45, 2.75) is 13.0 Å². The summed E-state index contributed by atoms with van der Waals surface area (Å²) in [6.07, 6.45) is 2.81. The Hall–Kier alpha value is -3.65. The van der Waals surface area contributed by atoms with Crippen molar-refractivity contribution in [2.75, 3.05) is 10.6 Å². The molecule has 2 amide bonds. The Bertz CT molecular complexity index is 1070. The van der Waals surface area contributed by atoms with Gasteiger partial charge >= 0.3 is 0 Å². The van der Waals surface area contributed by atoms with Crippen LogP contribution in [0.2, 0.25) is 5.02 Å². The normalized spacial score (nSPS) is 10.5. The van der Waals surface area contributed by atoms with Gasteiger partial charge in [-0.3, -0.25) is 19.6 Å². The molecule has 2 aromatic heterocycles. The zero-order chi connectivity index (χ0) is 21.0. The SMILES string of the molecule is NC(=O)c1cc(N(Cc2cc(N)ccn2)C(=O)Cc2cc(Cl)ccc2O)ccn1. The molecule has 29 heavy (non-hydrogen) atoms.